The summed E-state index contributed by atoms with van der Waals surface area (Å²) < 4.78 is 0. The van der Waals surface area contributed by atoms with Crippen LogP contribution in [0.15, 0.2) is 29.8 Å². The Hall–Kier alpha value is -1.10. The van der Waals surface area contributed by atoms with Crippen LogP contribution in [-0.4, -0.2) is 22.8 Å². The van der Waals surface area contributed by atoms with E-state index in [0.29, 0.717) is 10.6 Å². The molecule has 3 nitrogen and oxygen atoms in total. The standard InChI is InChI=1S/C13H12Cl2N2OS/c1-8(11-4-3-5-19-11)17(2)13(18)9-6-12(15)16-7-10(9)14/h3-8H,1-2H3. The van der Waals surface area contributed by atoms with E-state index < -0.39 is 0 Å². The fourth-order valence-corrected chi connectivity index (χ4v) is 2.83. The third-order valence-corrected chi connectivity index (χ3v) is 4.46. The van der Waals surface area contributed by atoms with Crippen molar-refractivity contribution >= 4 is 40.4 Å². The Morgan fingerprint density at radius 1 is 1.47 bits per heavy atom. The second-order valence-corrected chi connectivity index (χ2v) is 5.87. The summed E-state index contributed by atoms with van der Waals surface area (Å²) in [6.45, 7) is 1.97. The van der Waals surface area contributed by atoms with Crippen LogP contribution in [0.3, 0.4) is 0 Å². The molecule has 0 spiro atoms. The zero-order valence-corrected chi connectivity index (χ0v) is 12.8. The summed E-state index contributed by atoms with van der Waals surface area (Å²) in [5.74, 6) is -0.171. The van der Waals surface area contributed by atoms with Gasteiger partial charge in [-0.15, -0.1) is 11.3 Å². The molecule has 0 saturated heterocycles. The van der Waals surface area contributed by atoms with Crippen molar-refractivity contribution in [2.75, 3.05) is 7.05 Å². The first-order valence-corrected chi connectivity index (χ1v) is 7.26. The summed E-state index contributed by atoms with van der Waals surface area (Å²) >= 11 is 13.4. The molecule has 0 saturated carbocycles. The highest BCUT2D eigenvalue weighted by molar-refractivity contribution is 7.10. The number of aromatic nitrogens is 1. The molecule has 1 unspecified atom stereocenters. The molecule has 0 bridgehead atoms. The first-order valence-electron chi connectivity index (χ1n) is 5.62. The van der Waals surface area contributed by atoms with Gasteiger partial charge >= 0.3 is 0 Å². The lowest BCUT2D eigenvalue weighted by Crippen LogP contribution is -2.29. The van der Waals surface area contributed by atoms with E-state index in [0.717, 1.165) is 4.88 Å². The van der Waals surface area contributed by atoms with Gasteiger partial charge in [0.1, 0.15) is 5.15 Å². The van der Waals surface area contributed by atoms with Crippen LogP contribution in [-0.2, 0) is 0 Å². The van der Waals surface area contributed by atoms with Crippen molar-refractivity contribution in [3.05, 3.63) is 50.4 Å². The molecule has 0 aliphatic heterocycles. The van der Waals surface area contributed by atoms with Gasteiger partial charge in [-0.1, -0.05) is 29.3 Å². The molecular formula is C13H12Cl2N2OS. The Bertz CT molecular complexity index is 586. The molecule has 2 rings (SSSR count). The number of thiophene rings is 1. The van der Waals surface area contributed by atoms with E-state index in [1.54, 1.807) is 23.3 Å². The molecular weight excluding hydrogens is 303 g/mol. The minimum Gasteiger partial charge on any atom is -0.334 e. The Balaban J connectivity index is 2.26. The number of hydrogen-bond acceptors (Lipinski definition) is 3. The summed E-state index contributed by atoms with van der Waals surface area (Å²) in [6, 6.07) is 5.44. The van der Waals surface area contributed by atoms with Crippen molar-refractivity contribution in [1.82, 2.24) is 9.88 Å². The summed E-state index contributed by atoms with van der Waals surface area (Å²) in [4.78, 5) is 19.0. The average Bonchev–Trinajstić information content (AvgIpc) is 2.93. The summed E-state index contributed by atoms with van der Waals surface area (Å²) in [5, 5.41) is 2.55. The van der Waals surface area contributed by atoms with Crippen LogP contribution in [0, 0.1) is 0 Å². The average molecular weight is 315 g/mol. The Morgan fingerprint density at radius 2 is 2.21 bits per heavy atom. The van der Waals surface area contributed by atoms with Crippen LogP contribution in [0.5, 0.6) is 0 Å². The van der Waals surface area contributed by atoms with Gasteiger partial charge in [-0.05, 0) is 24.4 Å². The summed E-state index contributed by atoms with van der Waals surface area (Å²) in [5.41, 5.74) is 0.368. The fourth-order valence-electron chi connectivity index (χ4n) is 1.66. The van der Waals surface area contributed by atoms with Crippen LogP contribution in [0.4, 0.5) is 0 Å². The monoisotopic (exact) mass is 314 g/mol. The van der Waals surface area contributed by atoms with Crippen molar-refractivity contribution in [3.8, 4) is 0 Å². The van der Waals surface area contributed by atoms with Gasteiger partial charge in [0.15, 0.2) is 0 Å². The van der Waals surface area contributed by atoms with Gasteiger partial charge in [-0.2, -0.15) is 0 Å². The molecule has 0 radical (unpaired) electrons. The van der Waals surface area contributed by atoms with Gasteiger partial charge in [0.05, 0.1) is 16.6 Å². The van der Waals surface area contributed by atoms with Crippen LogP contribution in [0.25, 0.3) is 0 Å². The van der Waals surface area contributed by atoms with E-state index in [9.17, 15) is 4.79 Å². The fraction of sp³-hybridized carbons (Fsp3) is 0.231. The number of rotatable bonds is 3. The second kappa shape index (κ2) is 5.90. The van der Waals surface area contributed by atoms with Gasteiger partial charge in [-0.3, -0.25) is 4.79 Å². The first-order chi connectivity index (χ1) is 9.00. The van der Waals surface area contributed by atoms with E-state index in [4.69, 9.17) is 23.2 Å². The molecule has 0 N–H and O–H groups in total. The molecule has 0 aliphatic carbocycles. The smallest absolute Gasteiger partial charge is 0.255 e. The number of carbonyl (C=O) groups excluding carboxylic acids is 1. The van der Waals surface area contributed by atoms with Gasteiger partial charge in [0, 0.05) is 18.1 Å². The van der Waals surface area contributed by atoms with E-state index in [1.165, 1.54) is 12.3 Å². The summed E-state index contributed by atoms with van der Waals surface area (Å²) in [7, 11) is 1.75. The molecule has 0 fully saturated rings. The molecule has 2 heterocycles. The highest BCUT2D eigenvalue weighted by atomic mass is 35.5. The number of amides is 1. The molecule has 0 aromatic carbocycles. The van der Waals surface area contributed by atoms with Gasteiger partial charge < -0.3 is 4.90 Å². The number of pyridine rings is 1. The third-order valence-electron chi connectivity index (χ3n) is 2.91. The first kappa shape index (κ1) is 14.3. The van der Waals surface area contributed by atoms with Crippen molar-refractivity contribution in [3.63, 3.8) is 0 Å². The molecule has 1 amide bonds. The largest absolute Gasteiger partial charge is 0.334 e. The zero-order chi connectivity index (χ0) is 14.0. The third kappa shape index (κ3) is 3.08. The number of halogens is 2. The Kier molecular flexibility index (Phi) is 4.45. The maximum atomic E-state index is 12.4. The van der Waals surface area contributed by atoms with Crippen LogP contribution >= 0.6 is 34.5 Å². The van der Waals surface area contributed by atoms with E-state index in [2.05, 4.69) is 4.98 Å². The zero-order valence-electron chi connectivity index (χ0n) is 10.4. The number of hydrogen-bond donors (Lipinski definition) is 0. The Labute approximate surface area is 125 Å². The van der Waals surface area contributed by atoms with E-state index in [-0.39, 0.29) is 17.1 Å². The topological polar surface area (TPSA) is 33.2 Å². The lowest BCUT2D eigenvalue weighted by molar-refractivity contribution is 0.0745. The van der Waals surface area contributed by atoms with Crippen LogP contribution in [0.2, 0.25) is 10.2 Å². The van der Waals surface area contributed by atoms with Crippen molar-refractivity contribution < 1.29 is 4.79 Å². The highest BCUT2D eigenvalue weighted by Gasteiger charge is 2.22. The van der Waals surface area contributed by atoms with Crippen LogP contribution in [0.1, 0.15) is 28.2 Å². The van der Waals surface area contributed by atoms with Gasteiger partial charge in [0.25, 0.3) is 5.91 Å². The molecule has 2 aromatic rings. The lowest BCUT2D eigenvalue weighted by Gasteiger charge is -2.24. The highest BCUT2D eigenvalue weighted by Crippen LogP contribution is 2.27. The van der Waals surface area contributed by atoms with Crippen molar-refractivity contribution in [2.45, 2.75) is 13.0 Å². The molecule has 2 aromatic heterocycles. The second-order valence-electron chi connectivity index (χ2n) is 4.09. The van der Waals surface area contributed by atoms with E-state index in [1.807, 2.05) is 24.4 Å². The summed E-state index contributed by atoms with van der Waals surface area (Å²) in [6.07, 6.45) is 1.39. The van der Waals surface area contributed by atoms with Crippen molar-refractivity contribution in [1.29, 1.82) is 0 Å². The van der Waals surface area contributed by atoms with Gasteiger partial charge in [-0.25, -0.2) is 4.98 Å². The molecule has 1 atom stereocenters. The van der Waals surface area contributed by atoms with E-state index >= 15 is 0 Å². The molecule has 0 aliphatic rings. The normalized spacial score (nSPS) is 12.2. The predicted molar refractivity (Wildman–Crippen MR) is 79.1 cm³/mol. The van der Waals surface area contributed by atoms with Gasteiger partial charge in [0.2, 0.25) is 0 Å². The molecule has 100 valence electrons. The quantitative estimate of drug-likeness (QED) is 0.792. The number of nitrogens with zero attached hydrogens (tertiary/aromatic N) is 2. The maximum absolute atomic E-state index is 12.4. The maximum Gasteiger partial charge on any atom is 0.255 e. The van der Waals surface area contributed by atoms with Crippen LogP contribution < -0.4 is 0 Å². The number of carbonyl (C=O) groups is 1. The lowest BCUT2D eigenvalue weighted by atomic mass is 10.2. The minimum atomic E-state index is -0.171. The SMILES string of the molecule is CC(c1cccs1)N(C)C(=O)c1cc(Cl)ncc1Cl. The Morgan fingerprint density at radius 3 is 2.84 bits per heavy atom. The van der Waals surface area contributed by atoms with Crippen molar-refractivity contribution in [2.24, 2.45) is 0 Å². The minimum absolute atomic E-state index is 0.0180. The predicted octanol–water partition coefficient (Wildman–Crippen LogP) is 4.28. The molecule has 6 heteroatoms. The molecule has 19 heavy (non-hydrogen) atoms.